The van der Waals surface area contributed by atoms with Gasteiger partial charge in [-0.05, 0) is 41.8 Å². The summed E-state index contributed by atoms with van der Waals surface area (Å²) >= 11 is 1.31. The molecule has 0 spiro atoms. The summed E-state index contributed by atoms with van der Waals surface area (Å²) in [4.78, 5) is 25.2. The van der Waals surface area contributed by atoms with Gasteiger partial charge in [0, 0.05) is 18.3 Å². The second kappa shape index (κ2) is 11.3. The Morgan fingerprint density at radius 3 is 2.26 bits per heavy atom. The minimum atomic E-state index is -0.166. The number of rotatable bonds is 9. The Morgan fingerprint density at radius 1 is 0.941 bits per heavy atom. The van der Waals surface area contributed by atoms with E-state index in [0.29, 0.717) is 22.8 Å². The monoisotopic (exact) mass is 471 g/mol. The third-order valence-electron chi connectivity index (χ3n) is 5.22. The largest absolute Gasteiger partial charge is 0.345 e. The number of thioether (sulfide) groups is 1. The molecule has 0 saturated heterocycles. The maximum Gasteiger partial charge on any atom is 0.251 e. The van der Waals surface area contributed by atoms with Gasteiger partial charge >= 0.3 is 0 Å². The molecule has 0 fully saturated rings. The Balaban J connectivity index is 1.37. The highest BCUT2D eigenvalue weighted by Crippen LogP contribution is 2.20. The van der Waals surface area contributed by atoms with E-state index in [2.05, 4.69) is 33.0 Å². The topological polar surface area (TPSA) is 88.9 Å². The highest BCUT2D eigenvalue weighted by Gasteiger charge is 2.17. The molecule has 1 atom stereocenters. The van der Waals surface area contributed by atoms with Crippen molar-refractivity contribution in [2.75, 3.05) is 11.1 Å². The minimum Gasteiger partial charge on any atom is -0.345 e. The number of anilines is 1. The highest BCUT2D eigenvalue weighted by molar-refractivity contribution is 7.99. The molecule has 1 unspecified atom stereocenters. The molecule has 4 aromatic rings. The van der Waals surface area contributed by atoms with E-state index in [4.69, 9.17) is 0 Å². The van der Waals surface area contributed by atoms with Crippen LogP contribution in [0.1, 0.15) is 27.5 Å². The standard InChI is InChI=1S/C26H25N5O2S/c1-31-18-27-30-26(31)34-17-24(32)28-22-14-12-21(13-15-22)25(33)29-23(20-10-6-3-7-11-20)16-19-8-4-2-5-9-19/h2-15,18,23H,16-17H2,1H3,(H,28,32)(H,29,33). The van der Waals surface area contributed by atoms with Gasteiger partial charge in [-0.15, -0.1) is 10.2 Å². The third-order valence-corrected chi connectivity index (χ3v) is 6.26. The van der Waals surface area contributed by atoms with E-state index < -0.39 is 0 Å². The van der Waals surface area contributed by atoms with Crippen molar-refractivity contribution < 1.29 is 9.59 Å². The van der Waals surface area contributed by atoms with Gasteiger partial charge in [-0.1, -0.05) is 72.4 Å². The predicted octanol–water partition coefficient (Wildman–Crippen LogP) is 4.26. The Labute approximate surface area is 202 Å². The van der Waals surface area contributed by atoms with Crippen LogP contribution in [0.5, 0.6) is 0 Å². The second-order valence-electron chi connectivity index (χ2n) is 7.77. The molecule has 2 N–H and O–H groups in total. The molecule has 4 rings (SSSR count). The lowest BCUT2D eigenvalue weighted by molar-refractivity contribution is -0.113. The number of carbonyl (C=O) groups is 2. The number of aromatic nitrogens is 3. The Kier molecular flexibility index (Phi) is 7.72. The van der Waals surface area contributed by atoms with Gasteiger partial charge in [-0.25, -0.2) is 0 Å². The first-order valence-corrected chi connectivity index (χ1v) is 11.8. The van der Waals surface area contributed by atoms with Crippen molar-refractivity contribution in [2.45, 2.75) is 17.6 Å². The summed E-state index contributed by atoms with van der Waals surface area (Å²) in [5, 5.41) is 14.4. The van der Waals surface area contributed by atoms with Crippen molar-refractivity contribution in [1.29, 1.82) is 0 Å². The molecule has 2 amide bonds. The van der Waals surface area contributed by atoms with E-state index >= 15 is 0 Å². The molecule has 1 heterocycles. The molecule has 0 saturated carbocycles. The zero-order valence-electron chi connectivity index (χ0n) is 18.7. The lowest BCUT2D eigenvalue weighted by Gasteiger charge is -2.20. The van der Waals surface area contributed by atoms with Crippen LogP contribution < -0.4 is 10.6 Å². The fraction of sp³-hybridized carbons (Fsp3) is 0.154. The Hall–Kier alpha value is -3.91. The van der Waals surface area contributed by atoms with Gasteiger partial charge in [0.05, 0.1) is 11.8 Å². The summed E-state index contributed by atoms with van der Waals surface area (Å²) in [5.41, 5.74) is 3.35. The van der Waals surface area contributed by atoms with E-state index in [1.807, 2.05) is 55.6 Å². The highest BCUT2D eigenvalue weighted by atomic mass is 32.2. The van der Waals surface area contributed by atoms with E-state index in [0.717, 1.165) is 11.1 Å². The second-order valence-corrected chi connectivity index (χ2v) is 8.71. The zero-order valence-corrected chi connectivity index (χ0v) is 19.5. The average molecular weight is 472 g/mol. The van der Waals surface area contributed by atoms with Gasteiger partial charge in [0.25, 0.3) is 5.91 Å². The van der Waals surface area contributed by atoms with Crippen molar-refractivity contribution >= 4 is 29.3 Å². The van der Waals surface area contributed by atoms with Crippen molar-refractivity contribution in [2.24, 2.45) is 7.05 Å². The smallest absolute Gasteiger partial charge is 0.251 e. The summed E-state index contributed by atoms with van der Waals surface area (Å²) in [5.74, 6) is -0.106. The summed E-state index contributed by atoms with van der Waals surface area (Å²) in [6.07, 6.45) is 2.28. The van der Waals surface area contributed by atoms with Crippen LogP contribution in [-0.2, 0) is 18.3 Å². The number of nitrogens with zero attached hydrogens (tertiary/aromatic N) is 3. The zero-order chi connectivity index (χ0) is 23.8. The number of hydrogen-bond acceptors (Lipinski definition) is 5. The van der Waals surface area contributed by atoms with Gasteiger partial charge in [-0.3, -0.25) is 9.59 Å². The quantitative estimate of drug-likeness (QED) is 0.356. The van der Waals surface area contributed by atoms with E-state index in [1.165, 1.54) is 11.8 Å². The van der Waals surface area contributed by atoms with Crippen molar-refractivity contribution in [3.8, 4) is 0 Å². The van der Waals surface area contributed by atoms with Crippen molar-refractivity contribution in [1.82, 2.24) is 20.1 Å². The van der Waals surface area contributed by atoms with Crippen LogP contribution in [0.25, 0.3) is 0 Å². The summed E-state index contributed by atoms with van der Waals surface area (Å²) < 4.78 is 1.76. The molecular weight excluding hydrogens is 446 g/mol. The van der Waals surface area contributed by atoms with Crippen LogP contribution in [0.2, 0.25) is 0 Å². The summed E-state index contributed by atoms with van der Waals surface area (Å²) in [7, 11) is 1.83. The van der Waals surface area contributed by atoms with Gasteiger partial charge in [0.2, 0.25) is 5.91 Å². The first-order valence-electron chi connectivity index (χ1n) is 10.8. The maximum atomic E-state index is 13.0. The lowest BCUT2D eigenvalue weighted by atomic mass is 9.98. The third kappa shape index (κ3) is 6.32. The van der Waals surface area contributed by atoms with Gasteiger partial charge in [0.1, 0.15) is 6.33 Å². The molecule has 0 bridgehead atoms. The molecule has 0 aliphatic carbocycles. The first-order chi connectivity index (χ1) is 16.6. The number of benzene rings is 3. The number of aryl methyl sites for hydroxylation is 1. The predicted molar refractivity (Wildman–Crippen MR) is 134 cm³/mol. The molecule has 34 heavy (non-hydrogen) atoms. The molecule has 8 heteroatoms. The van der Waals surface area contributed by atoms with Crippen LogP contribution in [0.15, 0.2) is 96.4 Å². The number of hydrogen-bond donors (Lipinski definition) is 2. The van der Waals surface area contributed by atoms with Crippen LogP contribution >= 0.6 is 11.8 Å². The summed E-state index contributed by atoms with van der Waals surface area (Å²) in [6, 6.07) is 26.8. The van der Waals surface area contributed by atoms with Crippen LogP contribution in [0.4, 0.5) is 5.69 Å². The van der Waals surface area contributed by atoms with E-state index in [9.17, 15) is 9.59 Å². The number of nitrogens with one attached hydrogen (secondary N) is 2. The van der Waals surface area contributed by atoms with Crippen LogP contribution in [0, 0.1) is 0 Å². The van der Waals surface area contributed by atoms with Gasteiger partial charge < -0.3 is 15.2 Å². The first kappa shape index (κ1) is 23.3. The average Bonchev–Trinajstić information content (AvgIpc) is 3.28. The molecule has 7 nitrogen and oxygen atoms in total. The Bertz CT molecular complexity index is 1230. The van der Waals surface area contributed by atoms with E-state index in [-0.39, 0.29) is 23.6 Å². The fourth-order valence-electron chi connectivity index (χ4n) is 3.46. The number of amides is 2. The molecule has 0 aliphatic heterocycles. The van der Waals surface area contributed by atoms with Crippen molar-refractivity contribution in [3.05, 3.63) is 108 Å². The number of carbonyl (C=O) groups excluding carboxylic acids is 2. The lowest BCUT2D eigenvalue weighted by Crippen LogP contribution is -2.30. The molecule has 1 aromatic heterocycles. The van der Waals surface area contributed by atoms with Gasteiger partial charge in [-0.2, -0.15) is 0 Å². The maximum absolute atomic E-state index is 13.0. The van der Waals surface area contributed by atoms with Crippen molar-refractivity contribution in [3.63, 3.8) is 0 Å². The fourth-order valence-corrected chi connectivity index (χ4v) is 4.15. The van der Waals surface area contributed by atoms with E-state index in [1.54, 1.807) is 35.2 Å². The normalized spacial score (nSPS) is 11.6. The molecule has 0 aliphatic rings. The van der Waals surface area contributed by atoms with Gasteiger partial charge in [0.15, 0.2) is 5.16 Å². The van der Waals surface area contributed by atoms with Crippen LogP contribution in [-0.4, -0.2) is 32.3 Å². The minimum absolute atomic E-state index is 0.155. The molecular formula is C26H25N5O2S. The summed E-state index contributed by atoms with van der Waals surface area (Å²) in [6.45, 7) is 0. The molecule has 0 radical (unpaired) electrons. The molecule has 172 valence electrons. The molecule has 3 aromatic carbocycles. The SMILES string of the molecule is Cn1cnnc1SCC(=O)Nc1ccc(C(=O)NC(Cc2ccccc2)c2ccccc2)cc1. The Morgan fingerprint density at radius 2 is 1.62 bits per heavy atom. The van der Waals surface area contributed by atoms with Crippen LogP contribution in [0.3, 0.4) is 0 Å².